The number of ether oxygens (including phenoxy) is 3. The maximum Gasteiger partial charge on any atom is 0.573 e. The van der Waals surface area contributed by atoms with E-state index in [1.807, 2.05) is 0 Å². The van der Waals surface area contributed by atoms with Crippen LogP contribution in [-0.2, 0) is 9.53 Å². The normalized spacial score (nSPS) is 19.4. The number of carbonyl (C=O) groups excluding carboxylic acids is 1. The van der Waals surface area contributed by atoms with Crippen molar-refractivity contribution in [3.63, 3.8) is 0 Å². The zero-order valence-corrected chi connectivity index (χ0v) is 17.8. The Balaban J connectivity index is 2.05. The Morgan fingerprint density at radius 1 is 1.13 bits per heavy atom. The second-order valence-electron chi connectivity index (χ2n) is 8.41. The zero-order chi connectivity index (χ0) is 23.2. The van der Waals surface area contributed by atoms with Crippen LogP contribution in [0.1, 0.15) is 57.9 Å². The fourth-order valence-electron chi connectivity index (χ4n) is 3.45. The number of rotatable bonds is 7. The molecule has 0 saturated heterocycles. The summed E-state index contributed by atoms with van der Waals surface area (Å²) in [5.41, 5.74) is -0.107. The second kappa shape index (κ2) is 10.1. The quantitative estimate of drug-likeness (QED) is 0.581. The van der Waals surface area contributed by atoms with Gasteiger partial charge in [0.2, 0.25) is 0 Å². The first-order chi connectivity index (χ1) is 14.3. The molecule has 0 radical (unpaired) electrons. The van der Waals surface area contributed by atoms with Gasteiger partial charge < -0.3 is 24.6 Å². The summed E-state index contributed by atoms with van der Waals surface area (Å²) in [4.78, 5) is 22.9. The lowest BCUT2D eigenvalue weighted by molar-refractivity contribution is -0.274. The Morgan fingerprint density at radius 3 is 2.32 bits per heavy atom. The summed E-state index contributed by atoms with van der Waals surface area (Å²) in [6.07, 6.45) is -3.53. The average molecular weight is 447 g/mol. The monoisotopic (exact) mass is 447 g/mol. The molecule has 1 aromatic rings. The first-order valence-corrected chi connectivity index (χ1v) is 10.1. The van der Waals surface area contributed by atoms with E-state index in [4.69, 9.17) is 14.6 Å². The fourth-order valence-corrected chi connectivity index (χ4v) is 3.45. The molecule has 1 fully saturated rings. The molecular weight excluding hydrogens is 419 g/mol. The van der Waals surface area contributed by atoms with Crippen LogP contribution in [0.2, 0.25) is 0 Å². The van der Waals surface area contributed by atoms with Crippen LogP contribution >= 0.6 is 0 Å². The van der Waals surface area contributed by atoms with Gasteiger partial charge in [0.25, 0.3) is 0 Å². The molecule has 31 heavy (non-hydrogen) atoms. The van der Waals surface area contributed by atoms with Gasteiger partial charge in [-0.25, -0.2) is 4.79 Å². The average Bonchev–Trinajstić information content (AvgIpc) is 2.63. The van der Waals surface area contributed by atoms with E-state index < -0.39 is 29.9 Å². The van der Waals surface area contributed by atoms with Crippen LogP contribution < -0.4 is 14.8 Å². The van der Waals surface area contributed by atoms with E-state index in [1.165, 1.54) is 12.1 Å². The maximum absolute atomic E-state index is 12.6. The molecule has 0 aromatic heterocycles. The number of amides is 1. The number of alkyl halides is 3. The van der Waals surface area contributed by atoms with Gasteiger partial charge in [-0.3, -0.25) is 4.79 Å². The summed E-state index contributed by atoms with van der Waals surface area (Å²) in [7, 11) is 0. The number of carbonyl (C=O) groups is 2. The van der Waals surface area contributed by atoms with Crippen molar-refractivity contribution in [3.8, 4) is 11.5 Å². The molecular formula is C21H28F3NO6. The highest BCUT2D eigenvalue weighted by molar-refractivity contribution is 5.70. The molecule has 1 saturated carbocycles. The molecule has 7 nitrogen and oxygen atoms in total. The molecule has 0 bridgehead atoms. The van der Waals surface area contributed by atoms with E-state index in [0.29, 0.717) is 37.0 Å². The van der Waals surface area contributed by atoms with Crippen LogP contribution in [0.4, 0.5) is 18.0 Å². The van der Waals surface area contributed by atoms with E-state index in [0.717, 1.165) is 6.07 Å². The molecule has 174 valence electrons. The molecule has 0 atom stereocenters. The number of aliphatic carboxylic acids is 1. The standard InChI is InChI=1S/C21H28F3NO6/c1-20(2,3)31-19(28)25-10-11-29-17-9-8-15(30-21(22,23)24)12-16(17)13-4-6-14(7-5-13)18(26)27/h8-9,12-14H,4-7,10-11H2,1-3H3,(H,25,28)(H,26,27). The molecule has 0 heterocycles. The summed E-state index contributed by atoms with van der Waals surface area (Å²) in [5, 5.41) is 11.7. The molecule has 1 aliphatic rings. The minimum Gasteiger partial charge on any atom is -0.491 e. The van der Waals surface area contributed by atoms with Crippen molar-refractivity contribution in [2.45, 2.75) is 64.3 Å². The van der Waals surface area contributed by atoms with E-state index in [1.54, 1.807) is 20.8 Å². The van der Waals surface area contributed by atoms with E-state index in [-0.39, 0.29) is 24.8 Å². The minimum absolute atomic E-state index is 0.0796. The predicted molar refractivity (Wildman–Crippen MR) is 105 cm³/mol. The van der Waals surface area contributed by atoms with Crippen molar-refractivity contribution in [3.05, 3.63) is 23.8 Å². The van der Waals surface area contributed by atoms with E-state index in [9.17, 15) is 22.8 Å². The molecule has 1 aliphatic carbocycles. The van der Waals surface area contributed by atoms with Crippen molar-refractivity contribution in [2.75, 3.05) is 13.2 Å². The molecule has 2 rings (SSSR count). The third-order valence-corrected chi connectivity index (χ3v) is 4.76. The highest BCUT2D eigenvalue weighted by atomic mass is 19.4. The van der Waals surface area contributed by atoms with Gasteiger partial charge in [-0.15, -0.1) is 13.2 Å². The second-order valence-corrected chi connectivity index (χ2v) is 8.41. The summed E-state index contributed by atoms with van der Waals surface area (Å²) in [5.74, 6) is -1.45. The third-order valence-electron chi connectivity index (χ3n) is 4.76. The Kier molecular flexibility index (Phi) is 8.02. The lowest BCUT2D eigenvalue weighted by Gasteiger charge is -2.28. The molecule has 0 aliphatic heterocycles. The van der Waals surface area contributed by atoms with Gasteiger partial charge in [0.05, 0.1) is 12.5 Å². The maximum atomic E-state index is 12.6. The van der Waals surface area contributed by atoms with Gasteiger partial charge in [-0.1, -0.05) is 0 Å². The van der Waals surface area contributed by atoms with Crippen LogP contribution in [0.3, 0.4) is 0 Å². The SMILES string of the molecule is CC(C)(C)OC(=O)NCCOc1ccc(OC(F)(F)F)cc1C1CCC(C(=O)O)CC1. The van der Waals surface area contributed by atoms with Gasteiger partial charge in [0.1, 0.15) is 23.7 Å². The van der Waals surface area contributed by atoms with Gasteiger partial charge in [0.15, 0.2) is 0 Å². The van der Waals surface area contributed by atoms with Crippen molar-refractivity contribution in [1.82, 2.24) is 5.32 Å². The fraction of sp³-hybridized carbons (Fsp3) is 0.619. The number of halogens is 3. The van der Waals surface area contributed by atoms with E-state index >= 15 is 0 Å². The first kappa shape index (κ1) is 24.6. The molecule has 0 unspecified atom stereocenters. The Morgan fingerprint density at radius 2 is 1.77 bits per heavy atom. The molecule has 1 amide bonds. The summed E-state index contributed by atoms with van der Waals surface area (Å²) in [6, 6.07) is 3.85. The van der Waals surface area contributed by atoms with E-state index in [2.05, 4.69) is 10.1 Å². The zero-order valence-electron chi connectivity index (χ0n) is 17.8. The highest BCUT2D eigenvalue weighted by Crippen LogP contribution is 2.41. The number of hydrogen-bond donors (Lipinski definition) is 2. The number of benzene rings is 1. The van der Waals surface area contributed by atoms with Gasteiger partial charge in [0, 0.05) is 5.56 Å². The van der Waals surface area contributed by atoms with Crippen LogP contribution in [0.25, 0.3) is 0 Å². The Bertz CT molecular complexity index is 767. The topological polar surface area (TPSA) is 94.1 Å². The predicted octanol–water partition coefficient (Wildman–Crippen LogP) is 4.85. The van der Waals surface area contributed by atoms with Crippen LogP contribution in [0.5, 0.6) is 11.5 Å². The van der Waals surface area contributed by atoms with Crippen molar-refractivity contribution in [2.24, 2.45) is 5.92 Å². The Hall–Kier alpha value is -2.65. The van der Waals surface area contributed by atoms with Crippen LogP contribution in [0, 0.1) is 5.92 Å². The first-order valence-electron chi connectivity index (χ1n) is 10.1. The van der Waals surface area contributed by atoms with Gasteiger partial charge >= 0.3 is 18.4 Å². The summed E-state index contributed by atoms with van der Waals surface area (Å²) < 4.78 is 52.7. The summed E-state index contributed by atoms with van der Waals surface area (Å²) in [6.45, 7) is 5.42. The van der Waals surface area contributed by atoms with Crippen molar-refractivity contribution >= 4 is 12.1 Å². The van der Waals surface area contributed by atoms with Gasteiger partial charge in [-0.2, -0.15) is 0 Å². The molecule has 1 aromatic carbocycles. The number of carboxylic acids is 1. The molecule has 2 N–H and O–H groups in total. The lowest BCUT2D eigenvalue weighted by Crippen LogP contribution is -2.34. The number of carboxylic acid groups (broad SMARTS) is 1. The highest BCUT2D eigenvalue weighted by Gasteiger charge is 2.33. The van der Waals surface area contributed by atoms with Crippen molar-refractivity contribution in [1.29, 1.82) is 0 Å². The molecule has 0 spiro atoms. The number of hydrogen-bond acceptors (Lipinski definition) is 5. The number of alkyl carbamates (subject to hydrolysis) is 1. The van der Waals surface area contributed by atoms with Gasteiger partial charge in [-0.05, 0) is 70.6 Å². The van der Waals surface area contributed by atoms with Crippen molar-refractivity contribution < 1.29 is 42.1 Å². The third kappa shape index (κ3) is 8.55. The molecule has 10 heteroatoms. The smallest absolute Gasteiger partial charge is 0.491 e. The van der Waals surface area contributed by atoms with Crippen LogP contribution in [0.15, 0.2) is 18.2 Å². The lowest BCUT2D eigenvalue weighted by atomic mass is 9.78. The number of nitrogens with one attached hydrogen (secondary N) is 1. The Labute approximate surface area is 178 Å². The summed E-state index contributed by atoms with van der Waals surface area (Å²) >= 11 is 0. The largest absolute Gasteiger partial charge is 0.573 e. The minimum atomic E-state index is -4.82. The van der Waals surface area contributed by atoms with Crippen LogP contribution in [-0.4, -0.2) is 42.3 Å².